The number of benzene rings is 1. The monoisotopic (exact) mass is 391 g/mol. The summed E-state index contributed by atoms with van der Waals surface area (Å²) in [7, 11) is 1.65. The summed E-state index contributed by atoms with van der Waals surface area (Å²) in [6.07, 6.45) is 7.23. The molecule has 7 nitrogen and oxygen atoms in total. The Morgan fingerprint density at radius 1 is 1.17 bits per heavy atom. The maximum atomic E-state index is 13.1. The number of likely N-dealkylation sites (tertiary alicyclic amines) is 1. The zero-order chi connectivity index (χ0) is 19.8. The number of hydrogen-bond donors (Lipinski definition) is 1. The topological polar surface area (TPSA) is 74.3 Å². The van der Waals surface area contributed by atoms with Crippen molar-refractivity contribution in [1.82, 2.24) is 19.9 Å². The minimum Gasteiger partial charge on any atom is -0.497 e. The van der Waals surface area contributed by atoms with Crippen molar-refractivity contribution in [2.45, 2.75) is 37.8 Å². The molecular weight excluding hydrogens is 366 g/mol. The minimum atomic E-state index is 0.201. The predicted octanol–water partition coefficient (Wildman–Crippen LogP) is 2.78. The van der Waals surface area contributed by atoms with E-state index in [4.69, 9.17) is 9.72 Å². The summed E-state index contributed by atoms with van der Waals surface area (Å²) < 4.78 is 5.21. The van der Waals surface area contributed by atoms with Crippen molar-refractivity contribution < 1.29 is 9.53 Å². The van der Waals surface area contributed by atoms with Crippen LogP contribution in [-0.4, -0.2) is 58.0 Å². The van der Waals surface area contributed by atoms with E-state index in [0.29, 0.717) is 6.42 Å². The molecule has 0 spiro atoms. The predicted molar refractivity (Wildman–Crippen MR) is 111 cm³/mol. The lowest BCUT2D eigenvalue weighted by molar-refractivity contribution is -0.134. The largest absolute Gasteiger partial charge is 0.497 e. The zero-order valence-corrected chi connectivity index (χ0v) is 16.5. The molecule has 1 N–H and O–H groups in total. The van der Waals surface area contributed by atoms with Gasteiger partial charge in [-0.05, 0) is 43.0 Å². The Bertz CT molecular complexity index is 1020. The van der Waals surface area contributed by atoms with Crippen molar-refractivity contribution in [3.8, 4) is 5.75 Å². The van der Waals surface area contributed by atoms with Gasteiger partial charge in [0.05, 0.1) is 25.6 Å². The van der Waals surface area contributed by atoms with Gasteiger partial charge in [-0.2, -0.15) is 4.98 Å². The number of carbonyl (C=O) groups is 1. The Kier molecular flexibility index (Phi) is 4.58. The van der Waals surface area contributed by atoms with Crippen LogP contribution in [0.4, 0.5) is 5.95 Å². The quantitative estimate of drug-likeness (QED) is 0.740. The van der Waals surface area contributed by atoms with Gasteiger partial charge in [-0.1, -0.05) is 12.1 Å². The van der Waals surface area contributed by atoms with Gasteiger partial charge in [-0.3, -0.25) is 4.79 Å². The van der Waals surface area contributed by atoms with Crippen LogP contribution in [-0.2, 0) is 11.2 Å². The fraction of sp³-hybridized carbons (Fsp3) is 0.409. The molecule has 0 aliphatic carbocycles. The second kappa shape index (κ2) is 7.39. The summed E-state index contributed by atoms with van der Waals surface area (Å²) in [5.74, 6) is 1.77. The number of ether oxygens (including phenoxy) is 1. The summed E-state index contributed by atoms with van der Waals surface area (Å²) >= 11 is 0. The molecule has 0 radical (unpaired) electrons. The molecule has 5 rings (SSSR count). The molecule has 150 valence electrons. The molecule has 2 aromatic heterocycles. The van der Waals surface area contributed by atoms with Gasteiger partial charge in [0, 0.05) is 30.9 Å². The molecule has 1 aromatic carbocycles. The molecule has 0 saturated carbocycles. The normalized spacial score (nSPS) is 21.4. The highest BCUT2D eigenvalue weighted by molar-refractivity contribution is 5.80. The molecule has 29 heavy (non-hydrogen) atoms. The summed E-state index contributed by atoms with van der Waals surface area (Å²) in [4.78, 5) is 29.9. The summed E-state index contributed by atoms with van der Waals surface area (Å²) in [6.45, 7) is 1.72. The average molecular weight is 391 g/mol. The number of carbonyl (C=O) groups excluding carboxylic acids is 1. The fourth-order valence-corrected chi connectivity index (χ4v) is 4.73. The van der Waals surface area contributed by atoms with Gasteiger partial charge in [-0.25, -0.2) is 4.98 Å². The molecule has 2 aliphatic rings. The standard InChI is InChI=1S/C22H25N5O2/c1-29-17-6-4-15(5-7-17)13-20(28)26-11-2-3-18-19(26)9-12-27(18)22-24-14-16-8-10-23-21(16)25-22/h4-8,10,14,18-19H,2-3,9,11-13H2,1H3,(H,23,24,25). The number of H-pyrrole nitrogens is 1. The third kappa shape index (κ3) is 3.30. The highest BCUT2D eigenvalue weighted by atomic mass is 16.5. The number of nitrogens with one attached hydrogen (secondary N) is 1. The number of nitrogens with zero attached hydrogens (tertiary/aromatic N) is 4. The third-order valence-corrected chi connectivity index (χ3v) is 6.19. The average Bonchev–Trinajstić information content (AvgIpc) is 3.40. The highest BCUT2D eigenvalue weighted by Crippen LogP contribution is 2.33. The Labute approximate surface area is 169 Å². The molecule has 2 aliphatic heterocycles. The number of rotatable bonds is 4. The van der Waals surface area contributed by atoms with Crippen LogP contribution in [0.1, 0.15) is 24.8 Å². The van der Waals surface area contributed by atoms with E-state index in [1.165, 1.54) is 0 Å². The highest BCUT2D eigenvalue weighted by Gasteiger charge is 2.42. The molecule has 7 heteroatoms. The molecule has 4 heterocycles. The lowest BCUT2D eigenvalue weighted by Crippen LogP contribution is -2.52. The van der Waals surface area contributed by atoms with Gasteiger partial charge in [0.15, 0.2) is 0 Å². The van der Waals surface area contributed by atoms with Gasteiger partial charge in [0.1, 0.15) is 11.4 Å². The van der Waals surface area contributed by atoms with Crippen LogP contribution < -0.4 is 9.64 Å². The maximum Gasteiger partial charge on any atom is 0.227 e. The van der Waals surface area contributed by atoms with Crippen molar-refractivity contribution in [3.05, 3.63) is 48.3 Å². The van der Waals surface area contributed by atoms with Crippen LogP contribution in [0.2, 0.25) is 0 Å². The lowest BCUT2D eigenvalue weighted by atomic mass is 9.96. The molecule has 3 aromatic rings. The van der Waals surface area contributed by atoms with E-state index in [0.717, 1.165) is 60.6 Å². The van der Waals surface area contributed by atoms with Crippen molar-refractivity contribution in [2.75, 3.05) is 25.1 Å². The van der Waals surface area contributed by atoms with Crippen LogP contribution in [0, 0.1) is 0 Å². The molecule has 2 atom stereocenters. The van der Waals surface area contributed by atoms with Crippen LogP contribution in [0.15, 0.2) is 42.7 Å². The van der Waals surface area contributed by atoms with Gasteiger partial charge in [0.2, 0.25) is 11.9 Å². The summed E-state index contributed by atoms with van der Waals surface area (Å²) in [5, 5.41) is 1.02. The SMILES string of the molecule is COc1ccc(CC(=O)N2CCCC3C2CCN3c2ncc3cc[nH]c3n2)cc1. The van der Waals surface area contributed by atoms with E-state index in [1.807, 2.05) is 42.7 Å². The van der Waals surface area contributed by atoms with Crippen molar-refractivity contribution in [1.29, 1.82) is 0 Å². The number of methoxy groups -OCH3 is 1. The minimum absolute atomic E-state index is 0.201. The number of hydrogen-bond acceptors (Lipinski definition) is 5. The fourth-order valence-electron chi connectivity index (χ4n) is 4.73. The molecule has 2 saturated heterocycles. The first-order valence-corrected chi connectivity index (χ1v) is 10.2. The van der Waals surface area contributed by atoms with Crippen LogP contribution >= 0.6 is 0 Å². The van der Waals surface area contributed by atoms with Crippen molar-refractivity contribution in [2.24, 2.45) is 0 Å². The molecule has 1 amide bonds. The van der Waals surface area contributed by atoms with Crippen LogP contribution in [0.5, 0.6) is 5.75 Å². The van der Waals surface area contributed by atoms with E-state index in [1.54, 1.807) is 7.11 Å². The molecule has 2 unspecified atom stereocenters. The Morgan fingerprint density at radius 3 is 2.86 bits per heavy atom. The van der Waals surface area contributed by atoms with Gasteiger partial charge < -0.3 is 19.5 Å². The maximum absolute atomic E-state index is 13.1. The third-order valence-electron chi connectivity index (χ3n) is 6.19. The van der Waals surface area contributed by atoms with E-state index < -0.39 is 0 Å². The number of anilines is 1. The number of amides is 1. The van der Waals surface area contributed by atoms with Crippen molar-refractivity contribution >= 4 is 22.9 Å². The first-order chi connectivity index (χ1) is 14.2. The number of aromatic nitrogens is 3. The van der Waals surface area contributed by atoms with Crippen molar-refractivity contribution in [3.63, 3.8) is 0 Å². The van der Waals surface area contributed by atoms with E-state index in [9.17, 15) is 4.79 Å². The van der Waals surface area contributed by atoms with Gasteiger partial charge in [0.25, 0.3) is 0 Å². The first kappa shape index (κ1) is 18.0. The Balaban J connectivity index is 1.32. The Morgan fingerprint density at radius 2 is 2.03 bits per heavy atom. The molecule has 2 fully saturated rings. The van der Waals surface area contributed by atoms with Gasteiger partial charge >= 0.3 is 0 Å². The van der Waals surface area contributed by atoms with E-state index in [2.05, 4.69) is 19.8 Å². The second-order valence-electron chi connectivity index (χ2n) is 7.82. The second-order valence-corrected chi connectivity index (χ2v) is 7.82. The van der Waals surface area contributed by atoms with E-state index in [-0.39, 0.29) is 18.0 Å². The number of aromatic amines is 1. The smallest absolute Gasteiger partial charge is 0.227 e. The summed E-state index contributed by atoms with van der Waals surface area (Å²) in [5.41, 5.74) is 1.88. The first-order valence-electron chi connectivity index (χ1n) is 10.2. The molecular formula is C22H25N5O2. The number of fused-ring (bicyclic) bond motifs is 2. The van der Waals surface area contributed by atoms with Gasteiger partial charge in [-0.15, -0.1) is 0 Å². The number of piperidine rings is 1. The Hall–Kier alpha value is -3.09. The van der Waals surface area contributed by atoms with Crippen LogP contribution in [0.3, 0.4) is 0 Å². The summed E-state index contributed by atoms with van der Waals surface area (Å²) in [6, 6.07) is 10.3. The zero-order valence-electron chi connectivity index (χ0n) is 16.5. The molecule has 0 bridgehead atoms. The van der Waals surface area contributed by atoms with E-state index >= 15 is 0 Å². The lowest BCUT2D eigenvalue weighted by Gasteiger charge is -2.40. The van der Waals surface area contributed by atoms with Crippen LogP contribution in [0.25, 0.3) is 11.0 Å².